The number of non-ortho nitro benzene ring substituents is 1. The molecule has 0 spiro atoms. The van der Waals surface area contributed by atoms with Crippen LogP contribution >= 0.6 is 11.6 Å². The van der Waals surface area contributed by atoms with Gasteiger partial charge in [0.2, 0.25) is 11.3 Å². The highest BCUT2D eigenvalue weighted by Crippen LogP contribution is 2.31. The topological polar surface area (TPSA) is 102 Å². The van der Waals surface area contributed by atoms with Crippen molar-refractivity contribution in [2.24, 2.45) is 0 Å². The van der Waals surface area contributed by atoms with Crippen molar-refractivity contribution in [2.45, 2.75) is 6.92 Å². The number of rotatable bonds is 4. The van der Waals surface area contributed by atoms with E-state index in [-0.39, 0.29) is 28.1 Å². The van der Waals surface area contributed by atoms with Crippen molar-refractivity contribution in [1.82, 2.24) is 0 Å². The van der Waals surface area contributed by atoms with Gasteiger partial charge in [-0.3, -0.25) is 25.0 Å². The summed E-state index contributed by atoms with van der Waals surface area (Å²) in [6, 6.07) is 17.0. The molecule has 0 bridgehead atoms. The van der Waals surface area contributed by atoms with E-state index >= 15 is 0 Å². The Labute approximate surface area is 181 Å². The lowest BCUT2D eigenvalue weighted by atomic mass is 10.0. The van der Waals surface area contributed by atoms with Crippen LogP contribution in [0.1, 0.15) is 15.9 Å². The molecule has 4 aromatic rings. The third kappa shape index (κ3) is 3.91. The lowest BCUT2D eigenvalue weighted by Crippen LogP contribution is -2.16. The quantitative estimate of drug-likeness (QED) is 0.333. The first-order valence-corrected chi connectivity index (χ1v) is 9.61. The monoisotopic (exact) mass is 434 g/mol. The van der Waals surface area contributed by atoms with E-state index in [1.165, 1.54) is 24.3 Å². The molecule has 0 aliphatic carbocycles. The highest BCUT2D eigenvalue weighted by molar-refractivity contribution is 6.30. The number of aryl methyl sites for hydroxylation is 1. The summed E-state index contributed by atoms with van der Waals surface area (Å²) in [5.41, 5.74) is 1.57. The highest BCUT2D eigenvalue weighted by atomic mass is 35.5. The minimum Gasteiger partial charge on any atom is -0.439 e. The fourth-order valence-corrected chi connectivity index (χ4v) is 3.36. The molecule has 7 nitrogen and oxygen atoms in total. The summed E-state index contributed by atoms with van der Waals surface area (Å²) in [5, 5.41) is 14.4. The molecule has 1 aromatic heterocycles. The van der Waals surface area contributed by atoms with Crippen LogP contribution in [0.3, 0.4) is 0 Å². The van der Waals surface area contributed by atoms with Crippen molar-refractivity contribution in [3.63, 3.8) is 0 Å². The van der Waals surface area contributed by atoms with Crippen molar-refractivity contribution >= 4 is 40.0 Å². The summed E-state index contributed by atoms with van der Waals surface area (Å²) in [4.78, 5) is 36.4. The van der Waals surface area contributed by atoms with E-state index in [9.17, 15) is 19.7 Å². The number of hydrogen-bond donors (Lipinski definition) is 1. The van der Waals surface area contributed by atoms with E-state index in [4.69, 9.17) is 16.0 Å². The van der Waals surface area contributed by atoms with Gasteiger partial charge in [0, 0.05) is 22.7 Å². The molecule has 1 amide bonds. The maximum atomic E-state index is 13.3. The zero-order chi connectivity index (χ0) is 22.1. The van der Waals surface area contributed by atoms with E-state index in [1.54, 1.807) is 49.4 Å². The molecule has 0 saturated carbocycles. The largest absolute Gasteiger partial charge is 0.439 e. The van der Waals surface area contributed by atoms with Crippen molar-refractivity contribution in [3.8, 4) is 11.1 Å². The maximum absolute atomic E-state index is 13.3. The Morgan fingerprint density at radius 3 is 2.35 bits per heavy atom. The molecule has 8 heteroatoms. The Bertz CT molecular complexity index is 1380. The fraction of sp³-hybridized carbons (Fsp3) is 0.0435. The number of nitro groups is 1. The average molecular weight is 435 g/mol. The number of fused-ring (bicyclic) bond motifs is 1. The van der Waals surface area contributed by atoms with E-state index in [2.05, 4.69) is 5.32 Å². The smallest absolute Gasteiger partial charge is 0.269 e. The Morgan fingerprint density at radius 2 is 1.71 bits per heavy atom. The number of carbonyl (C=O) groups is 1. The van der Waals surface area contributed by atoms with E-state index in [1.807, 2.05) is 0 Å². The molecular formula is C23H15ClN2O5. The first-order chi connectivity index (χ1) is 14.8. The lowest BCUT2D eigenvalue weighted by molar-refractivity contribution is -0.384. The molecule has 31 heavy (non-hydrogen) atoms. The fourth-order valence-electron chi connectivity index (χ4n) is 3.23. The third-order valence-corrected chi connectivity index (χ3v) is 5.07. The minimum atomic E-state index is -0.568. The van der Waals surface area contributed by atoms with Gasteiger partial charge in [0.05, 0.1) is 15.9 Å². The zero-order valence-corrected chi connectivity index (χ0v) is 17.0. The Hall–Kier alpha value is -3.97. The number of amides is 1. The van der Waals surface area contributed by atoms with Crippen molar-refractivity contribution < 1.29 is 14.1 Å². The lowest BCUT2D eigenvalue weighted by Gasteiger charge is -2.12. The maximum Gasteiger partial charge on any atom is 0.269 e. The van der Waals surface area contributed by atoms with Gasteiger partial charge in [-0.2, -0.15) is 0 Å². The van der Waals surface area contributed by atoms with Crippen LogP contribution in [0.25, 0.3) is 22.1 Å². The summed E-state index contributed by atoms with van der Waals surface area (Å²) >= 11 is 5.97. The van der Waals surface area contributed by atoms with Crippen LogP contribution in [0.5, 0.6) is 0 Å². The van der Waals surface area contributed by atoms with E-state index in [0.29, 0.717) is 21.6 Å². The normalized spacial score (nSPS) is 10.8. The number of anilines is 1. The van der Waals surface area contributed by atoms with Crippen LogP contribution in [0.4, 0.5) is 11.6 Å². The predicted octanol–water partition coefficient (Wildman–Crippen LogP) is 5.58. The summed E-state index contributed by atoms with van der Waals surface area (Å²) in [6.07, 6.45) is 0. The Morgan fingerprint density at radius 1 is 1.03 bits per heavy atom. The van der Waals surface area contributed by atoms with Crippen LogP contribution in [0.15, 0.2) is 75.9 Å². The molecule has 0 aliphatic rings. The van der Waals surface area contributed by atoms with Gasteiger partial charge in [-0.05, 0) is 48.4 Å². The van der Waals surface area contributed by atoms with Crippen molar-refractivity contribution in [1.29, 1.82) is 0 Å². The predicted molar refractivity (Wildman–Crippen MR) is 119 cm³/mol. The second-order valence-corrected chi connectivity index (χ2v) is 7.29. The molecule has 0 atom stereocenters. The number of nitrogens with one attached hydrogen (secondary N) is 1. The molecule has 154 valence electrons. The second kappa shape index (κ2) is 8.04. The standard InChI is InChI=1S/C23H15ClN2O5/c1-13-3-2-4-18-20(27)19(14-5-9-16(24)10-6-14)23(31-21(13)18)25-22(28)15-7-11-17(12-8-15)26(29)30/h2-12H,1H3,(H,25,28). The molecule has 0 fully saturated rings. The number of hydrogen-bond acceptors (Lipinski definition) is 5. The molecule has 0 aliphatic heterocycles. The summed E-state index contributed by atoms with van der Waals surface area (Å²) in [6.45, 7) is 1.80. The zero-order valence-electron chi connectivity index (χ0n) is 16.2. The molecule has 1 N–H and O–H groups in total. The minimum absolute atomic E-state index is 0.0162. The SMILES string of the molecule is Cc1cccc2c(=O)c(-c3ccc(Cl)cc3)c(NC(=O)c3ccc([N+](=O)[O-])cc3)oc12. The van der Waals surface area contributed by atoms with Crippen LogP contribution in [-0.4, -0.2) is 10.8 Å². The average Bonchev–Trinajstić information content (AvgIpc) is 2.76. The van der Waals surface area contributed by atoms with Crippen molar-refractivity contribution in [3.05, 3.63) is 103 Å². The van der Waals surface area contributed by atoms with Gasteiger partial charge in [0.1, 0.15) is 5.58 Å². The Kier molecular flexibility index (Phi) is 5.27. The summed E-state index contributed by atoms with van der Waals surface area (Å²) < 4.78 is 5.97. The van der Waals surface area contributed by atoms with E-state index in [0.717, 1.165) is 5.56 Å². The van der Waals surface area contributed by atoms with Gasteiger partial charge in [0.25, 0.3) is 11.6 Å². The van der Waals surface area contributed by atoms with Gasteiger partial charge in [-0.1, -0.05) is 35.9 Å². The van der Waals surface area contributed by atoms with E-state index < -0.39 is 10.8 Å². The summed E-state index contributed by atoms with van der Waals surface area (Å²) in [5.74, 6) is -0.585. The molecule has 3 aromatic carbocycles. The number of nitrogens with zero attached hydrogens (tertiary/aromatic N) is 1. The van der Waals surface area contributed by atoms with Gasteiger partial charge >= 0.3 is 0 Å². The van der Waals surface area contributed by atoms with Crippen LogP contribution < -0.4 is 10.7 Å². The number of carbonyl (C=O) groups excluding carboxylic acids is 1. The highest BCUT2D eigenvalue weighted by Gasteiger charge is 2.20. The number of nitro benzene ring substituents is 1. The van der Waals surface area contributed by atoms with Gasteiger partial charge in [-0.15, -0.1) is 0 Å². The van der Waals surface area contributed by atoms with Gasteiger partial charge in [-0.25, -0.2) is 0 Å². The first-order valence-electron chi connectivity index (χ1n) is 9.23. The van der Waals surface area contributed by atoms with Gasteiger partial charge < -0.3 is 4.42 Å². The second-order valence-electron chi connectivity index (χ2n) is 6.85. The van der Waals surface area contributed by atoms with Gasteiger partial charge in [0.15, 0.2) is 0 Å². The van der Waals surface area contributed by atoms with Crippen LogP contribution in [0.2, 0.25) is 5.02 Å². The molecular weight excluding hydrogens is 420 g/mol. The molecule has 4 rings (SSSR count). The molecule has 0 saturated heterocycles. The number of para-hydroxylation sites is 1. The molecule has 1 heterocycles. The van der Waals surface area contributed by atoms with Crippen molar-refractivity contribution in [2.75, 3.05) is 5.32 Å². The third-order valence-electron chi connectivity index (χ3n) is 4.82. The summed E-state index contributed by atoms with van der Waals surface area (Å²) in [7, 11) is 0. The number of halogens is 1. The first kappa shape index (κ1) is 20.3. The number of benzene rings is 3. The Balaban J connectivity index is 1.85. The van der Waals surface area contributed by atoms with Crippen LogP contribution in [-0.2, 0) is 0 Å². The van der Waals surface area contributed by atoms with Crippen LogP contribution in [0, 0.1) is 17.0 Å². The molecule has 0 radical (unpaired) electrons. The molecule has 0 unspecified atom stereocenters.